The van der Waals surface area contributed by atoms with Crippen LogP contribution in [0.2, 0.25) is 0 Å². The molecule has 1 aliphatic rings. The molecular weight excluding hydrogens is 441 g/mol. The van der Waals surface area contributed by atoms with Crippen molar-refractivity contribution in [2.75, 3.05) is 18.8 Å². The minimum atomic E-state index is -4.75. The summed E-state index contributed by atoms with van der Waals surface area (Å²) in [5.41, 5.74) is 9.05. The number of halogens is 3. The van der Waals surface area contributed by atoms with Crippen molar-refractivity contribution < 1.29 is 17.9 Å². The molecule has 4 heterocycles. The summed E-state index contributed by atoms with van der Waals surface area (Å²) in [4.78, 5) is 8.84. The third-order valence-electron chi connectivity index (χ3n) is 5.36. The van der Waals surface area contributed by atoms with Gasteiger partial charge in [-0.3, -0.25) is 4.68 Å². The second-order valence-corrected chi connectivity index (χ2v) is 8.57. The zero-order chi connectivity index (χ0) is 22.3. The lowest BCUT2D eigenvalue weighted by Crippen LogP contribution is -2.29. The molecular formula is C21H19F3N6OS. The predicted octanol–water partition coefficient (Wildman–Crippen LogP) is 4.63. The van der Waals surface area contributed by atoms with Crippen LogP contribution in [0.25, 0.3) is 31.9 Å². The lowest BCUT2D eigenvalue weighted by molar-refractivity contribution is -0.274. The minimum Gasteiger partial charge on any atom is -0.406 e. The molecule has 166 valence electrons. The molecule has 0 atom stereocenters. The Morgan fingerprint density at radius 2 is 1.94 bits per heavy atom. The van der Waals surface area contributed by atoms with E-state index in [1.165, 1.54) is 29.5 Å². The normalized spacial score (nSPS) is 15.3. The van der Waals surface area contributed by atoms with Crippen molar-refractivity contribution in [1.29, 1.82) is 0 Å². The zero-order valence-electron chi connectivity index (χ0n) is 16.8. The standard InChI is InChI=1S/C21H19F3N6OS/c22-21(23,24)31-15-1-2-17-18(8-15)32-20(29-17)16-7-12(9-27-19(16)25)13-10-28-30(11-13)14-3-5-26-6-4-14/h1-2,7-11,14,26H,3-6H2,(H2,25,27). The van der Waals surface area contributed by atoms with Crippen molar-refractivity contribution in [2.45, 2.75) is 25.2 Å². The summed E-state index contributed by atoms with van der Waals surface area (Å²) in [6.45, 7) is 1.95. The molecule has 7 nitrogen and oxygen atoms in total. The highest BCUT2D eigenvalue weighted by molar-refractivity contribution is 7.21. The number of hydrogen-bond donors (Lipinski definition) is 2. The van der Waals surface area contributed by atoms with E-state index < -0.39 is 6.36 Å². The van der Waals surface area contributed by atoms with Gasteiger partial charge in [-0.05, 0) is 50.2 Å². The van der Waals surface area contributed by atoms with Crippen LogP contribution in [-0.4, -0.2) is 39.2 Å². The van der Waals surface area contributed by atoms with Gasteiger partial charge in [0.15, 0.2) is 0 Å². The molecule has 3 N–H and O–H groups in total. The summed E-state index contributed by atoms with van der Waals surface area (Å²) in [5.74, 6) is 0.00990. The van der Waals surface area contributed by atoms with Crippen LogP contribution in [0.1, 0.15) is 18.9 Å². The van der Waals surface area contributed by atoms with E-state index in [4.69, 9.17) is 5.73 Å². The van der Waals surface area contributed by atoms with Gasteiger partial charge in [-0.15, -0.1) is 24.5 Å². The number of nitrogens with two attached hydrogens (primary N) is 1. The fourth-order valence-electron chi connectivity index (χ4n) is 3.78. The Labute approximate surface area is 185 Å². The Hall–Kier alpha value is -3.18. The third kappa shape index (κ3) is 4.26. The van der Waals surface area contributed by atoms with Crippen molar-refractivity contribution in [1.82, 2.24) is 25.1 Å². The molecule has 3 aromatic heterocycles. The number of aromatic nitrogens is 4. The second-order valence-electron chi connectivity index (χ2n) is 7.54. The molecule has 1 fully saturated rings. The third-order valence-corrected chi connectivity index (χ3v) is 6.41. The van der Waals surface area contributed by atoms with Crippen LogP contribution < -0.4 is 15.8 Å². The van der Waals surface area contributed by atoms with E-state index in [9.17, 15) is 13.2 Å². The van der Waals surface area contributed by atoms with Gasteiger partial charge in [0.05, 0.1) is 28.0 Å². The molecule has 1 saturated heterocycles. The molecule has 5 rings (SSSR count). The van der Waals surface area contributed by atoms with E-state index in [0.29, 0.717) is 32.6 Å². The second kappa shape index (κ2) is 8.06. The molecule has 4 aromatic rings. The first kappa shape index (κ1) is 20.7. The number of alkyl halides is 3. The van der Waals surface area contributed by atoms with Crippen molar-refractivity contribution in [3.63, 3.8) is 0 Å². The molecule has 1 aliphatic heterocycles. The van der Waals surface area contributed by atoms with E-state index in [1.807, 2.05) is 16.9 Å². The summed E-state index contributed by atoms with van der Waals surface area (Å²) < 4.78 is 44.1. The first-order valence-corrected chi connectivity index (χ1v) is 10.8. The van der Waals surface area contributed by atoms with Crippen LogP contribution in [0.4, 0.5) is 19.0 Å². The molecule has 1 aromatic carbocycles. The molecule has 0 radical (unpaired) electrons. The van der Waals surface area contributed by atoms with E-state index in [2.05, 4.69) is 25.1 Å². The lowest BCUT2D eigenvalue weighted by atomic mass is 10.1. The molecule has 32 heavy (non-hydrogen) atoms. The number of benzene rings is 1. The van der Waals surface area contributed by atoms with Gasteiger partial charge in [-0.25, -0.2) is 9.97 Å². The highest BCUT2D eigenvalue weighted by atomic mass is 32.1. The molecule has 0 amide bonds. The fourth-order valence-corrected chi connectivity index (χ4v) is 4.80. The smallest absolute Gasteiger partial charge is 0.406 e. The highest BCUT2D eigenvalue weighted by Gasteiger charge is 2.31. The topological polar surface area (TPSA) is 90.9 Å². The van der Waals surface area contributed by atoms with Gasteiger partial charge < -0.3 is 15.8 Å². The molecule has 0 bridgehead atoms. The Morgan fingerprint density at radius 3 is 2.72 bits per heavy atom. The van der Waals surface area contributed by atoms with Gasteiger partial charge in [0.1, 0.15) is 16.6 Å². The number of pyridine rings is 1. The monoisotopic (exact) mass is 460 g/mol. The average molecular weight is 460 g/mol. The van der Waals surface area contributed by atoms with Crippen LogP contribution in [0.15, 0.2) is 42.9 Å². The van der Waals surface area contributed by atoms with Crippen molar-refractivity contribution in [3.05, 3.63) is 42.9 Å². The number of thiazole rings is 1. The van der Waals surface area contributed by atoms with Crippen LogP contribution in [0, 0.1) is 0 Å². The van der Waals surface area contributed by atoms with Gasteiger partial charge >= 0.3 is 6.36 Å². The molecule has 0 spiro atoms. The minimum absolute atomic E-state index is 0.287. The molecule has 0 aliphatic carbocycles. The van der Waals surface area contributed by atoms with Gasteiger partial charge in [0.25, 0.3) is 0 Å². The van der Waals surface area contributed by atoms with Crippen LogP contribution in [0.5, 0.6) is 5.75 Å². The maximum atomic E-state index is 12.5. The average Bonchev–Trinajstić information content (AvgIpc) is 3.41. The highest BCUT2D eigenvalue weighted by Crippen LogP contribution is 2.37. The Bertz CT molecular complexity index is 1260. The first-order valence-electron chi connectivity index (χ1n) is 10.0. The number of ether oxygens (including phenoxy) is 1. The van der Waals surface area contributed by atoms with Gasteiger partial charge in [-0.1, -0.05) is 0 Å². The number of rotatable bonds is 4. The number of piperidine rings is 1. The van der Waals surface area contributed by atoms with E-state index in [1.54, 1.807) is 12.4 Å². The number of hydrogen-bond acceptors (Lipinski definition) is 7. The number of nitrogen functional groups attached to an aromatic ring is 1. The first-order chi connectivity index (χ1) is 15.4. The summed E-state index contributed by atoms with van der Waals surface area (Å²) in [6.07, 6.45) is 2.80. The van der Waals surface area contributed by atoms with E-state index >= 15 is 0 Å². The van der Waals surface area contributed by atoms with Gasteiger partial charge in [0.2, 0.25) is 0 Å². The Balaban J connectivity index is 1.46. The SMILES string of the molecule is Nc1ncc(-c2cnn(C3CCNCC3)c2)cc1-c1nc2ccc(OC(F)(F)F)cc2s1. The molecule has 0 unspecified atom stereocenters. The Morgan fingerprint density at radius 1 is 1.12 bits per heavy atom. The fraction of sp³-hybridized carbons (Fsp3) is 0.286. The predicted molar refractivity (Wildman–Crippen MR) is 116 cm³/mol. The summed E-state index contributed by atoms with van der Waals surface area (Å²) in [7, 11) is 0. The quantitative estimate of drug-likeness (QED) is 0.462. The maximum absolute atomic E-state index is 12.5. The number of nitrogens with one attached hydrogen (secondary N) is 1. The van der Waals surface area contributed by atoms with Gasteiger partial charge in [-0.2, -0.15) is 5.10 Å². The zero-order valence-corrected chi connectivity index (χ0v) is 17.6. The van der Waals surface area contributed by atoms with Crippen molar-refractivity contribution >= 4 is 27.4 Å². The largest absolute Gasteiger partial charge is 0.573 e. The van der Waals surface area contributed by atoms with E-state index in [0.717, 1.165) is 37.1 Å². The van der Waals surface area contributed by atoms with E-state index in [-0.39, 0.29) is 5.75 Å². The summed E-state index contributed by atoms with van der Waals surface area (Å²) in [5, 5.41) is 8.44. The molecule has 11 heteroatoms. The lowest BCUT2D eigenvalue weighted by Gasteiger charge is -2.22. The van der Waals surface area contributed by atoms with Gasteiger partial charge in [0, 0.05) is 23.5 Å². The van der Waals surface area contributed by atoms with Crippen LogP contribution in [-0.2, 0) is 0 Å². The number of fused-ring (bicyclic) bond motifs is 1. The Kier molecular flexibility index (Phi) is 5.22. The number of anilines is 1. The van der Waals surface area contributed by atoms with Crippen molar-refractivity contribution in [3.8, 4) is 27.4 Å². The van der Waals surface area contributed by atoms with Crippen LogP contribution in [0.3, 0.4) is 0 Å². The van der Waals surface area contributed by atoms with Crippen LogP contribution >= 0.6 is 11.3 Å². The summed E-state index contributed by atoms with van der Waals surface area (Å²) >= 11 is 1.23. The number of nitrogens with zero attached hydrogens (tertiary/aromatic N) is 4. The summed E-state index contributed by atoms with van der Waals surface area (Å²) in [6, 6.07) is 6.31. The van der Waals surface area contributed by atoms with Crippen molar-refractivity contribution in [2.24, 2.45) is 0 Å². The maximum Gasteiger partial charge on any atom is 0.573 e. The molecule has 0 saturated carbocycles.